The van der Waals surface area contributed by atoms with Gasteiger partial charge in [0.25, 0.3) is 11.8 Å². The van der Waals surface area contributed by atoms with Crippen molar-refractivity contribution < 1.29 is 23.9 Å². The maximum absolute atomic E-state index is 13.9. The van der Waals surface area contributed by atoms with Gasteiger partial charge in [0.15, 0.2) is 0 Å². The largest absolute Gasteiger partial charge is 0.481 e. The normalized spacial score (nSPS) is 10.9. The number of carbonyl (C=O) groups excluding carboxylic acids is 2. The van der Waals surface area contributed by atoms with Crippen LogP contribution in [0.15, 0.2) is 102 Å². The summed E-state index contributed by atoms with van der Waals surface area (Å²) < 4.78 is 5.32. The van der Waals surface area contributed by atoms with E-state index in [0.29, 0.717) is 41.0 Å². The number of carboxylic acid groups (broad SMARTS) is 1. The van der Waals surface area contributed by atoms with Gasteiger partial charge in [-0.1, -0.05) is 54.6 Å². The minimum Gasteiger partial charge on any atom is -0.481 e. The molecule has 0 spiro atoms. The summed E-state index contributed by atoms with van der Waals surface area (Å²) in [7, 11) is 0. The molecule has 8 nitrogen and oxygen atoms in total. The second-order valence-electron chi connectivity index (χ2n) is 9.40. The van der Waals surface area contributed by atoms with E-state index >= 15 is 0 Å². The van der Waals surface area contributed by atoms with Crippen LogP contribution in [0.4, 0.5) is 0 Å². The Morgan fingerprint density at radius 2 is 1.52 bits per heavy atom. The molecule has 0 bridgehead atoms. The van der Waals surface area contributed by atoms with Gasteiger partial charge in [0.1, 0.15) is 5.76 Å². The number of aliphatic carboxylic acids is 1. The molecule has 0 unspecified atom stereocenters. The Bertz CT molecular complexity index is 1640. The van der Waals surface area contributed by atoms with Crippen molar-refractivity contribution in [3.63, 3.8) is 0 Å². The number of benzene rings is 3. The van der Waals surface area contributed by atoms with E-state index in [1.807, 2.05) is 42.6 Å². The maximum atomic E-state index is 13.9. The van der Waals surface area contributed by atoms with Crippen molar-refractivity contribution in [1.82, 2.24) is 15.2 Å². The van der Waals surface area contributed by atoms with Gasteiger partial charge in [0.05, 0.1) is 19.2 Å². The standard InChI is InChI=1S/C32H29N3O5/c36-30(37)16-18-35(17-15-22-20-33-29-14-6-5-9-24(22)29)32(39)28-13-4-2-11-26(28)25-10-1-3-12-27(25)31(38)34-21-23-8-7-19-40-23/h1-14,19-20,33H,15-18,21H2,(H,34,38)(H,36,37). The Balaban J connectivity index is 1.42. The van der Waals surface area contributed by atoms with Crippen LogP contribution < -0.4 is 5.32 Å². The molecule has 0 saturated carbocycles. The van der Waals surface area contributed by atoms with Crippen molar-refractivity contribution in [3.05, 3.63) is 120 Å². The summed E-state index contributed by atoms with van der Waals surface area (Å²) in [5, 5.41) is 13.3. The van der Waals surface area contributed by atoms with E-state index in [4.69, 9.17) is 4.42 Å². The number of amides is 2. The van der Waals surface area contributed by atoms with Gasteiger partial charge in [-0.3, -0.25) is 14.4 Å². The van der Waals surface area contributed by atoms with Gasteiger partial charge in [-0.2, -0.15) is 0 Å². The number of fused-ring (bicyclic) bond motifs is 1. The third-order valence-corrected chi connectivity index (χ3v) is 6.83. The van der Waals surface area contributed by atoms with Gasteiger partial charge < -0.3 is 24.7 Å². The zero-order valence-corrected chi connectivity index (χ0v) is 21.8. The van der Waals surface area contributed by atoms with Crippen LogP contribution in [0, 0.1) is 0 Å². The Hall–Kier alpha value is -5.11. The van der Waals surface area contributed by atoms with Crippen LogP contribution in [0.2, 0.25) is 0 Å². The van der Waals surface area contributed by atoms with Gasteiger partial charge >= 0.3 is 5.97 Å². The smallest absolute Gasteiger partial charge is 0.305 e. The molecule has 8 heteroatoms. The van der Waals surface area contributed by atoms with Crippen molar-refractivity contribution in [1.29, 1.82) is 0 Å². The number of aromatic nitrogens is 1. The number of para-hydroxylation sites is 1. The molecule has 5 rings (SSSR count). The summed E-state index contributed by atoms with van der Waals surface area (Å²) >= 11 is 0. The molecule has 2 heterocycles. The summed E-state index contributed by atoms with van der Waals surface area (Å²) in [6.45, 7) is 0.640. The van der Waals surface area contributed by atoms with Gasteiger partial charge in [0, 0.05) is 41.3 Å². The second-order valence-corrected chi connectivity index (χ2v) is 9.40. The molecule has 0 fully saturated rings. The number of nitrogens with zero attached hydrogens (tertiary/aromatic N) is 1. The molecule has 0 aliphatic rings. The fourth-order valence-corrected chi connectivity index (χ4v) is 4.81. The Morgan fingerprint density at radius 1 is 0.825 bits per heavy atom. The van der Waals surface area contributed by atoms with Crippen LogP contribution in [-0.2, 0) is 17.8 Å². The highest BCUT2D eigenvalue weighted by Gasteiger charge is 2.23. The molecule has 0 aliphatic carbocycles. The Labute approximate surface area is 231 Å². The lowest BCUT2D eigenvalue weighted by molar-refractivity contribution is -0.137. The Morgan fingerprint density at radius 3 is 2.27 bits per heavy atom. The lowest BCUT2D eigenvalue weighted by Gasteiger charge is -2.24. The molecule has 5 aromatic rings. The van der Waals surface area contributed by atoms with Crippen LogP contribution >= 0.6 is 0 Å². The first kappa shape index (κ1) is 26.5. The molecular weight excluding hydrogens is 506 g/mol. The number of hydrogen-bond donors (Lipinski definition) is 3. The van der Waals surface area contributed by atoms with Gasteiger partial charge in [-0.05, 0) is 53.4 Å². The van der Waals surface area contributed by atoms with E-state index in [0.717, 1.165) is 16.5 Å². The van der Waals surface area contributed by atoms with Crippen molar-refractivity contribution in [2.45, 2.75) is 19.4 Å². The van der Waals surface area contributed by atoms with E-state index in [-0.39, 0.29) is 31.3 Å². The van der Waals surface area contributed by atoms with E-state index in [1.54, 1.807) is 59.7 Å². The highest BCUT2D eigenvalue weighted by molar-refractivity contribution is 6.06. The highest BCUT2D eigenvalue weighted by atomic mass is 16.4. The quantitative estimate of drug-likeness (QED) is 0.206. The topological polar surface area (TPSA) is 116 Å². The minimum absolute atomic E-state index is 0.0656. The summed E-state index contributed by atoms with van der Waals surface area (Å²) in [6.07, 6.45) is 3.86. The van der Waals surface area contributed by atoms with Crippen molar-refractivity contribution >= 4 is 28.7 Å². The first-order chi connectivity index (χ1) is 19.5. The number of nitrogens with one attached hydrogen (secondary N) is 2. The molecule has 0 aliphatic heterocycles. The van der Waals surface area contributed by atoms with Gasteiger partial charge in [0.2, 0.25) is 0 Å². The molecule has 0 atom stereocenters. The highest BCUT2D eigenvalue weighted by Crippen LogP contribution is 2.29. The van der Waals surface area contributed by atoms with Crippen LogP contribution in [0.5, 0.6) is 0 Å². The predicted octanol–water partition coefficient (Wildman–Crippen LogP) is 5.52. The van der Waals surface area contributed by atoms with Crippen LogP contribution in [0.1, 0.15) is 38.5 Å². The van der Waals surface area contributed by atoms with E-state index in [2.05, 4.69) is 10.3 Å². The molecule has 2 aromatic heterocycles. The summed E-state index contributed by atoms with van der Waals surface area (Å²) in [6, 6.07) is 25.7. The fourth-order valence-electron chi connectivity index (χ4n) is 4.81. The first-order valence-electron chi connectivity index (χ1n) is 13.1. The number of carbonyl (C=O) groups is 3. The average molecular weight is 536 g/mol. The lowest BCUT2D eigenvalue weighted by Crippen LogP contribution is -2.35. The summed E-state index contributed by atoms with van der Waals surface area (Å²) in [5.41, 5.74) is 4.09. The Kier molecular flexibility index (Phi) is 8.06. The monoisotopic (exact) mass is 535 g/mol. The molecule has 3 aromatic carbocycles. The van der Waals surface area contributed by atoms with E-state index in [1.165, 1.54) is 0 Å². The van der Waals surface area contributed by atoms with Crippen molar-refractivity contribution in [3.8, 4) is 11.1 Å². The molecule has 2 amide bonds. The molecular formula is C32H29N3O5. The van der Waals surface area contributed by atoms with E-state index in [9.17, 15) is 19.5 Å². The third-order valence-electron chi connectivity index (χ3n) is 6.83. The first-order valence-corrected chi connectivity index (χ1v) is 13.1. The number of aromatic amines is 1. The van der Waals surface area contributed by atoms with Crippen molar-refractivity contribution in [2.24, 2.45) is 0 Å². The molecule has 202 valence electrons. The number of H-pyrrole nitrogens is 1. The molecule has 40 heavy (non-hydrogen) atoms. The zero-order valence-electron chi connectivity index (χ0n) is 21.8. The van der Waals surface area contributed by atoms with Crippen molar-refractivity contribution in [2.75, 3.05) is 13.1 Å². The number of hydrogen-bond acceptors (Lipinski definition) is 4. The fraction of sp³-hybridized carbons (Fsp3) is 0.156. The number of furan rings is 1. The third kappa shape index (κ3) is 5.96. The zero-order chi connectivity index (χ0) is 27.9. The molecule has 3 N–H and O–H groups in total. The van der Waals surface area contributed by atoms with E-state index < -0.39 is 5.97 Å². The van der Waals surface area contributed by atoms with Crippen LogP contribution in [0.25, 0.3) is 22.0 Å². The second kappa shape index (κ2) is 12.2. The SMILES string of the molecule is O=C(O)CCN(CCc1c[nH]c2ccccc12)C(=O)c1ccccc1-c1ccccc1C(=O)NCc1ccco1. The van der Waals surface area contributed by atoms with Crippen LogP contribution in [0.3, 0.4) is 0 Å². The number of rotatable bonds is 11. The maximum Gasteiger partial charge on any atom is 0.305 e. The summed E-state index contributed by atoms with van der Waals surface area (Å²) in [4.78, 5) is 43.4. The summed E-state index contributed by atoms with van der Waals surface area (Å²) in [5.74, 6) is -0.929. The van der Waals surface area contributed by atoms with Gasteiger partial charge in [-0.25, -0.2) is 0 Å². The molecule has 0 saturated heterocycles. The van der Waals surface area contributed by atoms with Gasteiger partial charge in [-0.15, -0.1) is 0 Å². The van der Waals surface area contributed by atoms with Crippen LogP contribution in [-0.4, -0.2) is 45.9 Å². The minimum atomic E-state index is -0.975. The average Bonchev–Trinajstić information content (AvgIpc) is 3.66. The molecule has 0 radical (unpaired) electrons. The lowest BCUT2D eigenvalue weighted by atomic mass is 9.94. The predicted molar refractivity (Wildman–Crippen MR) is 152 cm³/mol. The number of carboxylic acids is 1.